The Morgan fingerprint density at radius 2 is 0.952 bits per heavy atom. The van der Waals surface area contributed by atoms with Gasteiger partial charge in [-0.2, -0.15) is 0 Å². The van der Waals surface area contributed by atoms with Crippen molar-refractivity contribution in [3.8, 4) is 20.9 Å². The Kier molecular flexibility index (Phi) is 3.85. The van der Waals surface area contributed by atoms with Crippen molar-refractivity contribution in [1.29, 1.82) is 0 Å². The van der Waals surface area contributed by atoms with E-state index in [-0.39, 0.29) is 0 Å². The molecule has 0 bridgehead atoms. The second-order valence-corrected chi connectivity index (χ2v) is 5.90. The van der Waals surface area contributed by atoms with E-state index in [1.807, 2.05) is 23.5 Å². The lowest BCUT2D eigenvalue weighted by atomic mass is 10.1. The molecule has 0 unspecified atom stereocenters. The van der Waals surface area contributed by atoms with Gasteiger partial charge < -0.3 is 0 Å². The number of hydrogen-bond acceptors (Lipinski definition) is 1. The summed E-state index contributed by atoms with van der Waals surface area (Å²) in [4.78, 5) is 2.57. The van der Waals surface area contributed by atoms with Gasteiger partial charge in [-0.25, -0.2) is 0 Å². The molecule has 0 saturated heterocycles. The molecule has 0 amide bonds. The summed E-state index contributed by atoms with van der Waals surface area (Å²) in [5.41, 5.74) is 4.80. The molecule has 0 radical (unpaired) electrons. The normalized spacial score (nSPS) is 10.3. The summed E-state index contributed by atoms with van der Waals surface area (Å²) < 4.78 is 0. The number of rotatable bonds is 4. The fraction of sp³-hybridized carbons (Fsp3) is 0. The van der Waals surface area contributed by atoms with Gasteiger partial charge in [-0.05, 0) is 34.4 Å². The van der Waals surface area contributed by atoms with E-state index < -0.39 is 0 Å². The van der Waals surface area contributed by atoms with Crippen molar-refractivity contribution in [2.24, 2.45) is 0 Å². The Morgan fingerprint density at radius 1 is 0.571 bits per heavy atom. The van der Waals surface area contributed by atoms with Gasteiger partial charge in [-0.1, -0.05) is 73.8 Å². The number of thiophene rings is 1. The molecule has 0 aliphatic carbocycles. The Labute approximate surface area is 129 Å². The largest absolute Gasteiger partial charge is 0.135 e. The van der Waals surface area contributed by atoms with Gasteiger partial charge in [0.15, 0.2) is 0 Å². The van der Waals surface area contributed by atoms with Crippen LogP contribution in [0, 0.1) is 0 Å². The maximum atomic E-state index is 3.79. The van der Waals surface area contributed by atoms with E-state index in [0.29, 0.717) is 0 Å². The Balaban J connectivity index is 1.90. The Bertz CT molecular complexity index is 692. The third-order valence-corrected chi connectivity index (χ3v) is 4.65. The van der Waals surface area contributed by atoms with Gasteiger partial charge in [0.1, 0.15) is 0 Å². The molecule has 1 heterocycles. The zero-order valence-corrected chi connectivity index (χ0v) is 12.6. The Hall–Kier alpha value is -2.38. The van der Waals surface area contributed by atoms with Crippen molar-refractivity contribution in [3.63, 3.8) is 0 Å². The molecule has 0 aliphatic rings. The molecule has 1 heteroatoms. The van der Waals surface area contributed by atoms with Crippen LogP contribution < -0.4 is 0 Å². The van der Waals surface area contributed by atoms with Crippen molar-refractivity contribution >= 4 is 23.5 Å². The molecule has 102 valence electrons. The molecule has 0 aliphatic heterocycles. The van der Waals surface area contributed by atoms with E-state index in [2.05, 4.69) is 73.8 Å². The monoisotopic (exact) mass is 288 g/mol. The van der Waals surface area contributed by atoms with Crippen molar-refractivity contribution in [2.45, 2.75) is 0 Å². The van der Waals surface area contributed by atoms with E-state index in [1.165, 1.54) is 20.9 Å². The fourth-order valence-electron chi connectivity index (χ4n) is 2.22. The van der Waals surface area contributed by atoms with Crippen molar-refractivity contribution in [3.05, 3.63) is 84.9 Å². The van der Waals surface area contributed by atoms with Crippen LogP contribution in [0.2, 0.25) is 0 Å². The highest BCUT2D eigenvalue weighted by atomic mass is 32.1. The Morgan fingerprint density at radius 3 is 1.29 bits per heavy atom. The van der Waals surface area contributed by atoms with E-state index in [4.69, 9.17) is 0 Å². The van der Waals surface area contributed by atoms with E-state index in [0.717, 1.165) is 11.1 Å². The fourth-order valence-corrected chi connectivity index (χ4v) is 3.23. The topological polar surface area (TPSA) is 0 Å². The van der Waals surface area contributed by atoms with Crippen LogP contribution in [-0.2, 0) is 0 Å². The standard InChI is InChI=1S/C20H16S/c1-3-15-5-9-17(10-6-15)19-13-14-20(21-19)18-11-7-16(4-2)8-12-18/h3-14H,1-2H2. The minimum atomic E-state index is 1.15. The van der Waals surface area contributed by atoms with Gasteiger partial charge in [0, 0.05) is 9.75 Å². The summed E-state index contributed by atoms with van der Waals surface area (Å²) >= 11 is 1.81. The minimum Gasteiger partial charge on any atom is -0.135 e. The molecule has 1 aromatic heterocycles. The smallest absolute Gasteiger partial charge is 0.0349 e. The van der Waals surface area contributed by atoms with E-state index in [9.17, 15) is 0 Å². The lowest BCUT2D eigenvalue weighted by Gasteiger charge is -2.00. The van der Waals surface area contributed by atoms with Crippen LogP contribution >= 0.6 is 11.3 Å². The van der Waals surface area contributed by atoms with Crippen molar-refractivity contribution < 1.29 is 0 Å². The maximum absolute atomic E-state index is 3.79. The molecule has 0 nitrogen and oxygen atoms in total. The molecule has 0 N–H and O–H groups in total. The summed E-state index contributed by atoms with van der Waals surface area (Å²) in [7, 11) is 0. The average Bonchev–Trinajstić information content (AvgIpc) is 3.05. The molecule has 3 rings (SSSR count). The summed E-state index contributed by atoms with van der Waals surface area (Å²) in [5.74, 6) is 0. The number of hydrogen-bond donors (Lipinski definition) is 0. The lowest BCUT2D eigenvalue weighted by molar-refractivity contribution is 1.65. The van der Waals surface area contributed by atoms with Crippen molar-refractivity contribution in [2.75, 3.05) is 0 Å². The van der Waals surface area contributed by atoms with Gasteiger partial charge in [0.25, 0.3) is 0 Å². The van der Waals surface area contributed by atoms with Crippen molar-refractivity contribution in [1.82, 2.24) is 0 Å². The number of benzene rings is 2. The second-order valence-electron chi connectivity index (χ2n) is 4.82. The lowest BCUT2D eigenvalue weighted by Crippen LogP contribution is -1.74. The predicted molar refractivity (Wildman–Crippen MR) is 95.4 cm³/mol. The SMILES string of the molecule is C=Cc1ccc(-c2ccc(-c3ccc(C=C)cc3)s2)cc1. The van der Waals surface area contributed by atoms with E-state index in [1.54, 1.807) is 0 Å². The first-order valence-corrected chi connectivity index (χ1v) is 7.67. The summed E-state index contributed by atoms with van der Waals surface area (Å²) in [6.45, 7) is 7.57. The molecule has 21 heavy (non-hydrogen) atoms. The summed E-state index contributed by atoms with van der Waals surface area (Å²) in [6, 6.07) is 21.3. The first kappa shape index (κ1) is 13.6. The summed E-state index contributed by atoms with van der Waals surface area (Å²) in [6.07, 6.45) is 3.73. The molecule has 3 aromatic rings. The molecule has 2 aromatic carbocycles. The van der Waals surface area contributed by atoms with E-state index >= 15 is 0 Å². The van der Waals surface area contributed by atoms with Crippen LogP contribution in [0.1, 0.15) is 11.1 Å². The van der Waals surface area contributed by atoms with Gasteiger partial charge in [0.05, 0.1) is 0 Å². The predicted octanol–water partition coefficient (Wildman–Crippen LogP) is 6.37. The first-order chi connectivity index (χ1) is 10.3. The molecule has 0 fully saturated rings. The molecular formula is C20H16S. The van der Waals surface area contributed by atoms with Crippen LogP contribution in [0.3, 0.4) is 0 Å². The zero-order valence-electron chi connectivity index (χ0n) is 11.8. The highest BCUT2D eigenvalue weighted by Crippen LogP contribution is 2.34. The third kappa shape index (κ3) is 2.88. The quantitative estimate of drug-likeness (QED) is 0.523. The highest BCUT2D eigenvalue weighted by molar-refractivity contribution is 7.18. The van der Waals surface area contributed by atoms with Gasteiger partial charge in [-0.3, -0.25) is 0 Å². The first-order valence-electron chi connectivity index (χ1n) is 6.86. The molecular weight excluding hydrogens is 272 g/mol. The zero-order chi connectivity index (χ0) is 14.7. The highest BCUT2D eigenvalue weighted by Gasteiger charge is 2.04. The van der Waals surface area contributed by atoms with Crippen LogP contribution in [0.5, 0.6) is 0 Å². The van der Waals surface area contributed by atoms with Gasteiger partial charge in [0.2, 0.25) is 0 Å². The van der Waals surface area contributed by atoms with Crippen LogP contribution in [0.25, 0.3) is 33.0 Å². The second kappa shape index (κ2) is 5.94. The maximum Gasteiger partial charge on any atom is 0.0349 e. The molecule has 0 atom stereocenters. The summed E-state index contributed by atoms with van der Waals surface area (Å²) in [5, 5.41) is 0. The molecule has 0 spiro atoms. The molecule has 0 saturated carbocycles. The van der Waals surface area contributed by atoms with Crippen LogP contribution in [0.4, 0.5) is 0 Å². The van der Waals surface area contributed by atoms with Crippen LogP contribution in [-0.4, -0.2) is 0 Å². The minimum absolute atomic E-state index is 1.15. The third-order valence-electron chi connectivity index (χ3n) is 3.47. The average molecular weight is 288 g/mol. The van der Waals surface area contributed by atoms with Crippen LogP contribution in [0.15, 0.2) is 73.8 Å². The van der Waals surface area contributed by atoms with Gasteiger partial charge in [-0.15, -0.1) is 11.3 Å². The van der Waals surface area contributed by atoms with Gasteiger partial charge >= 0.3 is 0 Å².